The molecule has 0 aliphatic rings. The second-order valence-electron chi connectivity index (χ2n) is 13.8. The third-order valence-electron chi connectivity index (χ3n) is 8.91. The van der Waals surface area contributed by atoms with E-state index in [4.69, 9.17) is 6.35 Å². The molecule has 0 amide bonds. The fourth-order valence-electron chi connectivity index (χ4n) is 6.30. The maximum atomic E-state index is 8.48. The third kappa shape index (κ3) is 7.43. The zero-order valence-electron chi connectivity index (χ0n) is 30.3. The molecule has 2 nitrogen and oxygen atoms in total. The average Bonchev–Trinajstić information content (AvgIpc) is 3.49. The summed E-state index contributed by atoms with van der Waals surface area (Å²) in [6, 6.07) is 46.9. The third-order valence-corrected chi connectivity index (χ3v) is 12.1. The van der Waals surface area contributed by atoms with E-state index < -0.39 is 14.0 Å². The Morgan fingerprint density at radius 1 is 0.700 bits per heavy atom. The minimum Gasteiger partial charge on any atom is -0.305 e. The van der Waals surface area contributed by atoms with E-state index in [1.54, 1.807) is 0 Å². The van der Waals surface area contributed by atoms with Crippen LogP contribution in [-0.4, -0.2) is 18.0 Å². The van der Waals surface area contributed by atoms with Gasteiger partial charge in [-0.1, -0.05) is 130 Å². The molecule has 8 aromatic rings. The molecule has 0 aliphatic carbocycles. The Balaban J connectivity index is 0.000000182. The van der Waals surface area contributed by atoms with E-state index in [1.165, 1.54) is 47.4 Å². The zero-order valence-corrected chi connectivity index (χ0v) is 33.5. The molecule has 0 unspecified atom stereocenters. The molecule has 0 saturated carbocycles. The van der Waals surface area contributed by atoms with Gasteiger partial charge >= 0.3 is 0 Å². The van der Waals surface area contributed by atoms with Crippen LogP contribution in [0.3, 0.4) is 0 Å². The number of benzene rings is 5. The Bertz CT molecular complexity index is 2480. The van der Waals surface area contributed by atoms with Gasteiger partial charge in [0.15, 0.2) is 0 Å². The molecule has 0 saturated heterocycles. The van der Waals surface area contributed by atoms with E-state index in [0.29, 0.717) is 0 Å². The smallest absolute Gasteiger partial charge is 0.0799 e. The van der Waals surface area contributed by atoms with Crippen molar-refractivity contribution in [3.63, 3.8) is 0 Å². The van der Waals surface area contributed by atoms with Gasteiger partial charge < -0.3 is 9.97 Å². The molecule has 3 heterocycles. The number of pyridine rings is 2. The van der Waals surface area contributed by atoms with Gasteiger partial charge in [-0.25, -0.2) is 0 Å². The van der Waals surface area contributed by atoms with E-state index in [2.05, 4.69) is 135 Å². The predicted molar refractivity (Wildman–Crippen MR) is 215 cm³/mol. The second-order valence-corrected chi connectivity index (χ2v) is 19.9. The molecule has 0 N–H and O–H groups in total. The van der Waals surface area contributed by atoms with Gasteiger partial charge in [-0.2, -0.15) is 11.3 Å². The zero-order chi connectivity index (χ0) is 35.0. The summed E-state index contributed by atoms with van der Waals surface area (Å²) in [6.07, 6.45) is 3.95. The van der Waals surface area contributed by atoms with Gasteiger partial charge in [-0.3, -0.25) is 0 Å². The number of fused-ring (bicyclic) bond motifs is 4. The number of aryl methyl sites for hydroxylation is 1. The first-order chi connectivity index (χ1) is 24.0. The first-order valence-corrected chi connectivity index (χ1v) is 21.0. The van der Waals surface area contributed by atoms with E-state index in [1.807, 2.05) is 61.8 Å². The fourth-order valence-corrected chi connectivity index (χ4v) is 9.13. The first-order valence-electron chi connectivity index (χ1n) is 17.2. The molecule has 0 fully saturated rings. The summed E-state index contributed by atoms with van der Waals surface area (Å²) in [7, 11) is -1.52. The molecule has 50 heavy (non-hydrogen) atoms. The predicted octanol–water partition coefficient (Wildman–Crippen LogP) is 12.3. The Kier molecular flexibility index (Phi) is 10.2. The number of thiophene rings is 1. The van der Waals surface area contributed by atoms with E-state index in [-0.39, 0.29) is 20.1 Å². The van der Waals surface area contributed by atoms with Gasteiger partial charge in [-0.05, 0) is 60.5 Å². The van der Waals surface area contributed by atoms with Crippen LogP contribution in [0.5, 0.6) is 0 Å². The van der Waals surface area contributed by atoms with E-state index in [9.17, 15) is 0 Å². The SMILES string of the molecule is [2H]C(C)(C)c1cc(-c2[c-]ccc(C)c2)ncc1[Si](C)(C)C.[Ir].[c-]1ccc2c(sc3cc(-c4ccccc4)ccc32)c1-c1cc2ccccc2cn1. The van der Waals surface area contributed by atoms with Crippen LogP contribution >= 0.6 is 11.3 Å². The molecule has 0 atom stereocenters. The van der Waals surface area contributed by atoms with Crippen molar-refractivity contribution < 1.29 is 21.5 Å². The number of hydrogen-bond donors (Lipinski definition) is 0. The normalized spacial score (nSPS) is 11.9. The Labute approximate surface area is 316 Å². The van der Waals surface area contributed by atoms with Crippen LogP contribution in [0.1, 0.15) is 32.2 Å². The van der Waals surface area contributed by atoms with Crippen molar-refractivity contribution in [3.05, 3.63) is 151 Å². The van der Waals surface area contributed by atoms with Gasteiger partial charge in [0.25, 0.3) is 0 Å². The monoisotopic (exact) mass is 862 g/mol. The molecule has 1 radical (unpaired) electrons. The molecule has 0 bridgehead atoms. The van der Waals surface area contributed by atoms with Crippen LogP contribution in [0, 0.1) is 19.1 Å². The van der Waals surface area contributed by atoms with Crippen molar-refractivity contribution in [3.8, 4) is 33.6 Å². The van der Waals surface area contributed by atoms with Gasteiger partial charge in [0, 0.05) is 38.6 Å². The van der Waals surface area contributed by atoms with Crippen molar-refractivity contribution in [1.82, 2.24) is 9.97 Å². The van der Waals surface area contributed by atoms with Crippen LogP contribution in [-0.2, 0) is 20.1 Å². The quantitative estimate of drug-likeness (QED) is 0.127. The topological polar surface area (TPSA) is 25.8 Å². The standard InChI is InChI=1S/C27H16NS.C18H24NSi.Ir/c1-2-7-18(8-3-1)20-13-14-22-23-11-6-12-24(27(23)29-26(22)16-20)25-15-19-9-4-5-10-21(19)17-28-25;1-13(2)16-11-17(15-9-7-8-14(3)10-15)19-12-18(16)20(4,5)6;/h1-11,13-17H;7-8,10-13H,1-6H3;/q2*-1;/i;13D;. The number of hydrogen-bond acceptors (Lipinski definition) is 3. The van der Waals surface area contributed by atoms with E-state index >= 15 is 0 Å². The molecule has 8 rings (SSSR count). The molecular formula is C45H40IrN2SSi-2. The molecule has 0 aliphatic heterocycles. The van der Waals surface area contributed by atoms with Crippen LogP contribution in [0.2, 0.25) is 19.6 Å². The molecule has 0 spiro atoms. The van der Waals surface area contributed by atoms with Crippen molar-refractivity contribution in [2.75, 3.05) is 0 Å². The molecule has 5 aromatic carbocycles. The number of nitrogens with zero attached hydrogens (tertiary/aromatic N) is 2. The van der Waals surface area contributed by atoms with Crippen molar-refractivity contribution in [2.45, 2.75) is 46.3 Å². The Hall–Kier alpha value is -4.25. The largest absolute Gasteiger partial charge is 0.305 e. The van der Waals surface area contributed by atoms with Crippen LogP contribution < -0.4 is 5.19 Å². The number of aromatic nitrogens is 2. The van der Waals surface area contributed by atoms with Crippen LogP contribution in [0.15, 0.2) is 128 Å². The Morgan fingerprint density at radius 2 is 1.42 bits per heavy atom. The fraction of sp³-hybridized carbons (Fsp3) is 0.156. The van der Waals surface area contributed by atoms with Gasteiger partial charge in [-0.15, -0.1) is 59.2 Å². The summed E-state index contributed by atoms with van der Waals surface area (Å²) in [6.45, 7) is 12.9. The van der Waals surface area contributed by atoms with Gasteiger partial charge in [0.05, 0.1) is 8.07 Å². The molecule has 5 heteroatoms. The van der Waals surface area contributed by atoms with Gasteiger partial charge in [0.2, 0.25) is 0 Å². The summed E-state index contributed by atoms with van der Waals surface area (Å²) in [5.41, 5.74) is 8.76. The second kappa shape index (κ2) is 14.9. The van der Waals surface area contributed by atoms with E-state index in [0.717, 1.165) is 33.5 Å². The van der Waals surface area contributed by atoms with Crippen LogP contribution in [0.4, 0.5) is 0 Å². The first kappa shape index (κ1) is 34.2. The Morgan fingerprint density at radius 3 is 2.16 bits per heavy atom. The summed E-state index contributed by atoms with van der Waals surface area (Å²) in [5, 5.41) is 6.20. The minimum absolute atomic E-state index is 0. The average molecular weight is 862 g/mol. The van der Waals surface area contributed by atoms with Crippen molar-refractivity contribution in [1.29, 1.82) is 0 Å². The molecule has 3 aromatic heterocycles. The summed E-state index contributed by atoms with van der Waals surface area (Å²) in [4.78, 5) is 9.39. The summed E-state index contributed by atoms with van der Waals surface area (Å²) in [5.74, 6) is -0.614. The minimum atomic E-state index is -1.52. The number of rotatable bonds is 5. The summed E-state index contributed by atoms with van der Waals surface area (Å²) < 4.78 is 11.0. The van der Waals surface area contributed by atoms with Gasteiger partial charge in [0.1, 0.15) is 0 Å². The molecule has 251 valence electrons. The van der Waals surface area contributed by atoms with Crippen molar-refractivity contribution in [2.24, 2.45) is 0 Å². The van der Waals surface area contributed by atoms with Crippen LogP contribution in [0.25, 0.3) is 64.6 Å². The maximum absolute atomic E-state index is 8.48. The molecular weight excluding hydrogens is 821 g/mol. The van der Waals surface area contributed by atoms with Crippen molar-refractivity contribution >= 4 is 55.5 Å². The maximum Gasteiger partial charge on any atom is 0.0799 e. The summed E-state index contributed by atoms with van der Waals surface area (Å²) >= 11 is 1.83.